The number of hydrogen-bond acceptors (Lipinski definition) is 3. The van der Waals surface area contributed by atoms with Crippen LogP contribution in [0.4, 0.5) is 4.39 Å². The van der Waals surface area contributed by atoms with E-state index in [1.165, 1.54) is 16.7 Å². The number of para-hydroxylation sites is 2. The summed E-state index contributed by atoms with van der Waals surface area (Å²) in [7, 11) is 1.70. The number of carbonyl (C=O) groups excluding carboxylic acids is 1. The summed E-state index contributed by atoms with van der Waals surface area (Å²) in [5, 5.41) is 3.26. The molecular weight excluding hydrogens is 383 g/mol. The number of nitrogens with one attached hydrogen (secondary N) is 1. The number of benzene rings is 2. The number of carbonyl (C=O) groups is 1. The Bertz CT molecular complexity index is 1060. The molecule has 1 amide bonds. The molecule has 0 aliphatic carbocycles. The van der Waals surface area contributed by atoms with Crippen molar-refractivity contribution in [2.45, 2.75) is 12.6 Å². The van der Waals surface area contributed by atoms with Crippen LogP contribution in [-0.2, 0) is 18.4 Å². The molecule has 2 heterocycles. The molecule has 0 bridgehead atoms. The van der Waals surface area contributed by atoms with Crippen LogP contribution in [0.5, 0.6) is 0 Å². The molecule has 1 atom stereocenters. The molecule has 6 nitrogen and oxygen atoms in total. The Morgan fingerprint density at radius 1 is 1.18 bits per heavy atom. The molecule has 1 aliphatic heterocycles. The molecule has 0 saturated carbocycles. The van der Waals surface area contributed by atoms with Gasteiger partial charge in [-0.05, 0) is 29.8 Å². The monoisotopic (exact) mass is 404 g/mol. The van der Waals surface area contributed by atoms with Crippen molar-refractivity contribution in [2.75, 3.05) is 19.6 Å². The fraction of sp³-hybridized carbons (Fsp3) is 0.300. The second-order valence-electron chi connectivity index (χ2n) is 6.78. The topological polar surface area (TPSA) is 59.3 Å². The van der Waals surface area contributed by atoms with Crippen LogP contribution in [0.15, 0.2) is 53.3 Å². The number of hydrogen-bond donors (Lipinski definition) is 1. The summed E-state index contributed by atoms with van der Waals surface area (Å²) in [5.41, 5.74) is 2.05. The third-order valence-electron chi connectivity index (χ3n) is 5.14. The summed E-state index contributed by atoms with van der Waals surface area (Å²) in [4.78, 5) is 27.4. The highest BCUT2D eigenvalue weighted by molar-refractivity contribution is 5.85. The predicted octanol–water partition coefficient (Wildman–Crippen LogP) is 2.07. The third kappa shape index (κ3) is 3.55. The van der Waals surface area contributed by atoms with Crippen molar-refractivity contribution in [1.29, 1.82) is 0 Å². The smallest absolute Gasteiger partial charge is 0.329 e. The van der Waals surface area contributed by atoms with E-state index in [-0.39, 0.29) is 42.4 Å². The van der Waals surface area contributed by atoms with Gasteiger partial charge in [0.05, 0.1) is 17.1 Å². The molecule has 8 heteroatoms. The molecule has 1 N–H and O–H groups in total. The minimum absolute atomic E-state index is 0. The van der Waals surface area contributed by atoms with E-state index in [1.54, 1.807) is 22.6 Å². The fourth-order valence-electron chi connectivity index (χ4n) is 3.76. The summed E-state index contributed by atoms with van der Waals surface area (Å²) >= 11 is 0. The Kier molecular flexibility index (Phi) is 5.86. The first kappa shape index (κ1) is 20.1. The van der Waals surface area contributed by atoms with Gasteiger partial charge in [-0.2, -0.15) is 0 Å². The Hall–Kier alpha value is -2.64. The number of aromatic nitrogens is 2. The van der Waals surface area contributed by atoms with Gasteiger partial charge in [-0.3, -0.25) is 13.9 Å². The van der Waals surface area contributed by atoms with Gasteiger partial charge in [-0.1, -0.05) is 24.3 Å². The van der Waals surface area contributed by atoms with E-state index in [0.717, 1.165) is 16.6 Å². The molecule has 4 rings (SSSR count). The maximum atomic E-state index is 13.7. The van der Waals surface area contributed by atoms with Gasteiger partial charge >= 0.3 is 5.69 Å². The summed E-state index contributed by atoms with van der Waals surface area (Å²) in [6.07, 6.45) is 0. The van der Waals surface area contributed by atoms with Crippen molar-refractivity contribution in [3.8, 4) is 0 Å². The summed E-state index contributed by atoms with van der Waals surface area (Å²) < 4.78 is 16.7. The molecule has 1 aliphatic rings. The number of piperazine rings is 1. The SMILES string of the molecule is Cl.Cn1c(=O)n(CC(=O)N2CCNCC2c2cccc(F)c2)c2ccccc21. The van der Waals surface area contributed by atoms with Gasteiger partial charge in [0, 0.05) is 26.7 Å². The van der Waals surface area contributed by atoms with E-state index < -0.39 is 0 Å². The van der Waals surface area contributed by atoms with Crippen LogP contribution in [0.25, 0.3) is 11.0 Å². The predicted molar refractivity (Wildman–Crippen MR) is 108 cm³/mol. The zero-order valence-corrected chi connectivity index (χ0v) is 16.3. The number of fused-ring (bicyclic) bond motifs is 1. The minimum atomic E-state index is -0.323. The maximum Gasteiger partial charge on any atom is 0.329 e. The van der Waals surface area contributed by atoms with E-state index in [9.17, 15) is 14.0 Å². The van der Waals surface area contributed by atoms with E-state index in [1.807, 2.05) is 30.3 Å². The van der Waals surface area contributed by atoms with Gasteiger partial charge in [0.1, 0.15) is 12.4 Å². The molecule has 2 aromatic carbocycles. The van der Waals surface area contributed by atoms with Crippen molar-refractivity contribution in [2.24, 2.45) is 7.05 Å². The van der Waals surface area contributed by atoms with Gasteiger partial charge in [0.2, 0.25) is 5.91 Å². The maximum absolute atomic E-state index is 13.7. The summed E-state index contributed by atoms with van der Waals surface area (Å²) in [6, 6.07) is 13.5. The summed E-state index contributed by atoms with van der Waals surface area (Å²) in [6.45, 7) is 1.70. The number of aryl methyl sites for hydroxylation is 1. The third-order valence-corrected chi connectivity index (χ3v) is 5.14. The summed E-state index contributed by atoms with van der Waals surface area (Å²) in [5.74, 6) is -0.472. The standard InChI is InChI=1S/C20H21FN4O2.ClH/c1-23-16-7-2-3-8-17(16)25(20(23)27)13-19(26)24-10-9-22-12-18(24)14-5-4-6-15(21)11-14;/h2-8,11,18,22H,9-10,12-13H2,1H3;1H. The molecule has 0 spiro atoms. The van der Waals surface area contributed by atoms with Crippen LogP contribution >= 0.6 is 12.4 Å². The Morgan fingerprint density at radius 2 is 1.93 bits per heavy atom. The van der Waals surface area contributed by atoms with Crippen LogP contribution in [0, 0.1) is 5.82 Å². The lowest BCUT2D eigenvalue weighted by atomic mass is 10.0. The average molecular weight is 405 g/mol. The number of amides is 1. The van der Waals surface area contributed by atoms with Crippen LogP contribution in [0.1, 0.15) is 11.6 Å². The zero-order valence-electron chi connectivity index (χ0n) is 15.5. The Labute approximate surface area is 168 Å². The highest BCUT2D eigenvalue weighted by Gasteiger charge is 2.29. The molecule has 148 valence electrons. The first-order valence-corrected chi connectivity index (χ1v) is 8.96. The highest BCUT2D eigenvalue weighted by Crippen LogP contribution is 2.23. The lowest BCUT2D eigenvalue weighted by molar-refractivity contribution is -0.135. The number of imidazole rings is 1. The molecule has 28 heavy (non-hydrogen) atoms. The molecular formula is C20H22ClFN4O2. The quantitative estimate of drug-likeness (QED) is 0.727. The molecule has 0 radical (unpaired) electrons. The second-order valence-corrected chi connectivity index (χ2v) is 6.78. The zero-order chi connectivity index (χ0) is 19.0. The van der Waals surface area contributed by atoms with Crippen LogP contribution in [-0.4, -0.2) is 39.6 Å². The molecule has 3 aromatic rings. The van der Waals surface area contributed by atoms with Gasteiger partial charge in [-0.25, -0.2) is 9.18 Å². The van der Waals surface area contributed by atoms with Crippen LogP contribution in [0.2, 0.25) is 0 Å². The normalized spacial score (nSPS) is 16.8. The Morgan fingerprint density at radius 3 is 2.68 bits per heavy atom. The van der Waals surface area contributed by atoms with Crippen LogP contribution < -0.4 is 11.0 Å². The van der Waals surface area contributed by atoms with Gasteiger partial charge in [0.25, 0.3) is 0 Å². The van der Waals surface area contributed by atoms with Gasteiger partial charge in [-0.15, -0.1) is 12.4 Å². The largest absolute Gasteiger partial charge is 0.332 e. The van der Waals surface area contributed by atoms with Crippen molar-refractivity contribution < 1.29 is 9.18 Å². The Balaban J connectivity index is 0.00000225. The van der Waals surface area contributed by atoms with E-state index in [4.69, 9.17) is 0 Å². The second kappa shape index (κ2) is 8.16. The van der Waals surface area contributed by atoms with Crippen molar-refractivity contribution in [1.82, 2.24) is 19.4 Å². The average Bonchev–Trinajstić information content (AvgIpc) is 2.93. The van der Waals surface area contributed by atoms with E-state index >= 15 is 0 Å². The number of halogens is 2. The van der Waals surface area contributed by atoms with Crippen molar-refractivity contribution in [3.63, 3.8) is 0 Å². The number of nitrogens with zero attached hydrogens (tertiary/aromatic N) is 3. The van der Waals surface area contributed by atoms with Crippen molar-refractivity contribution >= 4 is 29.3 Å². The highest BCUT2D eigenvalue weighted by atomic mass is 35.5. The molecule has 1 saturated heterocycles. The van der Waals surface area contributed by atoms with E-state index in [2.05, 4.69) is 5.32 Å². The lowest BCUT2D eigenvalue weighted by Gasteiger charge is -2.36. The van der Waals surface area contributed by atoms with Gasteiger partial charge in [0.15, 0.2) is 0 Å². The van der Waals surface area contributed by atoms with E-state index in [0.29, 0.717) is 19.6 Å². The molecule has 1 unspecified atom stereocenters. The lowest BCUT2D eigenvalue weighted by Crippen LogP contribution is -2.50. The molecule has 1 fully saturated rings. The fourth-order valence-corrected chi connectivity index (χ4v) is 3.76. The minimum Gasteiger partial charge on any atom is -0.332 e. The number of rotatable bonds is 3. The first-order valence-electron chi connectivity index (χ1n) is 8.96. The van der Waals surface area contributed by atoms with Crippen LogP contribution in [0.3, 0.4) is 0 Å². The molecule has 1 aromatic heterocycles. The van der Waals surface area contributed by atoms with Crippen molar-refractivity contribution in [3.05, 3.63) is 70.4 Å². The first-order chi connectivity index (χ1) is 13.1. The van der Waals surface area contributed by atoms with Gasteiger partial charge < -0.3 is 10.2 Å².